The minimum absolute atomic E-state index is 0.0719. The summed E-state index contributed by atoms with van der Waals surface area (Å²) in [6.45, 7) is -0.236. The molecule has 1 fully saturated rings. The number of hydrogen-bond donors (Lipinski definition) is 0. The number of rotatable bonds is 3. The zero-order chi connectivity index (χ0) is 10.8. The summed E-state index contributed by atoms with van der Waals surface area (Å²) in [6.07, 6.45) is -1.74. The van der Waals surface area contributed by atoms with Gasteiger partial charge < -0.3 is 19.2 Å². The zero-order valence-electron chi connectivity index (χ0n) is 7.04. The highest BCUT2D eigenvalue weighted by molar-refractivity contribution is 7.80. The van der Waals surface area contributed by atoms with Gasteiger partial charge in [-0.2, -0.15) is 0 Å². The molecule has 1 rings (SSSR count). The maximum absolute atomic E-state index is 10.3. The maximum atomic E-state index is 10.3. The number of carboxylic acid groups (broad SMARTS) is 1. The molecule has 2 atom stereocenters. The van der Waals surface area contributed by atoms with Crippen molar-refractivity contribution in [3.63, 3.8) is 0 Å². The molecule has 0 radical (unpaired) electrons. The third-order valence-electron chi connectivity index (χ3n) is 1.75. The van der Waals surface area contributed by atoms with Gasteiger partial charge in [-0.05, 0) is 12.8 Å². The molecule has 0 aliphatic carbocycles. The van der Waals surface area contributed by atoms with Crippen LogP contribution in [0.4, 0.5) is 0 Å². The van der Waals surface area contributed by atoms with Gasteiger partial charge in [-0.15, -0.1) is 0 Å². The molecule has 0 aromatic carbocycles. The molecular weight excluding hydrogens is 216 g/mol. The fourth-order valence-corrected chi connectivity index (χ4v) is 1.64. The first kappa shape index (κ1) is 11.4. The molecule has 8 heteroatoms. The van der Waals surface area contributed by atoms with E-state index >= 15 is 0 Å². The summed E-state index contributed by atoms with van der Waals surface area (Å²) in [6, 6.07) is 0. The van der Waals surface area contributed by atoms with E-state index in [2.05, 4.69) is 4.18 Å². The number of carbonyl (C=O) groups excluding carboxylic acids is 1. The van der Waals surface area contributed by atoms with Crippen molar-refractivity contribution in [3.8, 4) is 0 Å². The van der Waals surface area contributed by atoms with Crippen molar-refractivity contribution >= 4 is 16.4 Å². The Morgan fingerprint density at radius 1 is 1.43 bits per heavy atom. The predicted molar refractivity (Wildman–Crippen MR) is 38.6 cm³/mol. The lowest BCUT2D eigenvalue weighted by molar-refractivity contribution is -0.319. The van der Waals surface area contributed by atoms with E-state index in [1.807, 2.05) is 0 Å². The standard InChI is InChI=1S/C6H10O7S/c7-6(8)5-2-1-4(3-12-5)13-14(9,10)11/h4-5H,1-3H2,(H,7,8)(H,9,10,11)/p-2. The summed E-state index contributed by atoms with van der Waals surface area (Å²) in [5, 5.41) is 10.3. The number of carboxylic acids is 1. The van der Waals surface area contributed by atoms with Crippen LogP contribution in [0, 0.1) is 0 Å². The Kier molecular flexibility index (Phi) is 3.43. The quantitative estimate of drug-likeness (QED) is 0.393. The molecule has 0 spiro atoms. The molecule has 0 aromatic heterocycles. The summed E-state index contributed by atoms with van der Waals surface area (Å²) < 4.78 is 39.3. The van der Waals surface area contributed by atoms with Gasteiger partial charge in [0.25, 0.3) is 0 Å². The molecule has 14 heavy (non-hydrogen) atoms. The van der Waals surface area contributed by atoms with Gasteiger partial charge in [-0.3, -0.25) is 4.18 Å². The van der Waals surface area contributed by atoms with Crippen LogP contribution in [0.5, 0.6) is 0 Å². The largest absolute Gasteiger partial charge is 0.726 e. The number of ether oxygens (including phenoxy) is 1. The van der Waals surface area contributed by atoms with Gasteiger partial charge in [0, 0.05) is 0 Å². The monoisotopic (exact) mass is 224 g/mol. The Bertz CT molecular complexity index is 300. The Hall–Kier alpha value is -0.700. The van der Waals surface area contributed by atoms with Gasteiger partial charge >= 0.3 is 0 Å². The smallest absolute Gasteiger partial charge is 0.217 e. The maximum Gasteiger partial charge on any atom is 0.217 e. The van der Waals surface area contributed by atoms with Crippen LogP contribution in [0.3, 0.4) is 0 Å². The van der Waals surface area contributed by atoms with Crippen molar-refractivity contribution in [2.24, 2.45) is 0 Å². The van der Waals surface area contributed by atoms with Crippen LogP contribution in [0.1, 0.15) is 12.8 Å². The van der Waals surface area contributed by atoms with Crippen molar-refractivity contribution in [3.05, 3.63) is 0 Å². The van der Waals surface area contributed by atoms with E-state index in [-0.39, 0.29) is 19.4 Å². The van der Waals surface area contributed by atoms with Gasteiger partial charge in [-0.1, -0.05) is 0 Å². The lowest BCUT2D eigenvalue weighted by Gasteiger charge is -2.29. The molecule has 0 aromatic rings. The lowest BCUT2D eigenvalue weighted by atomic mass is 10.1. The van der Waals surface area contributed by atoms with E-state index in [0.29, 0.717) is 0 Å². The molecule has 0 amide bonds. The van der Waals surface area contributed by atoms with Crippen molar-refractivity contribution in [1.82, 2.24) is 0 Å². The molecule has 1 saturated heterocycles. The van der Waals surface area contributed by atoms with E-state index in [0.717, 1.165) is 0 Å². The molecule has 0 bridgehead atoms. The molecule has 1 aliphatic heterocycles. The third-order valence-corrected chi connectivity index (χ3v) is 2.26. The van der Waals surface area contributed by atoms with E-state index in [1.165, 1.54) is 0 Å². The third kappa shape index (κ3) is 3.58. The fraction of sp³-hybridized carbons (Fsp3) is 0.833. The van der Waals surface area contributed by atoms with Crippen molar-refractivity contribution < 1.29 is 31.8 Å². The second-order valence-corrected chi connectivity index (χ2v) is 3.85. The number of aliphatic carboxylic acids is 1. The van der Waals surface area contributed by atoms with E-state index < -0.39 is 28.6 Å². The molecule has 0 saturated carbocycles. The van der Waals surface area contributed by atoms with Crippen LogP contribution in [0.15, 0.2) is 0 Å². The summed E-state index contributed by atoms with van der Waals surface area (Å²) in [5.41, 5.74) is 0. The first-order valence-corrected chi connectivity index (χ1v) is 5.18. The highest BCUT2D eigenvalue weighted by Crippen LogP contribution is 2.16. The van der Waals surface area contributed by atoms with Crippen molar-refractivity contribution in [1.29, 1.82) is 0 Å². The average Bonchev–Trinajstić information content (AvgIpc) is 2.02. The Morgan fingerprint density at radius 2 is 2.07 bits per heavy atom. The Labute approximate surface area is 80.6 Å². The second-order valence-electron chi connectivity index (χ2n) is 2.84. The normalized spacial score (nSPS) is 28.6. The van der Waals surface area contributed by atoms with Gasteiger partial charge in [0.2, 0.25) is 10.4 Å². The predicted octanol–water partition coefficient (Wildman–Crippen LogP) is -2.24. The van der Waals surface area contributed by atoms with Crippen LogP contribution >= 0.6 is 0 Å². The Morgan fingerprint density at radius 3 is 2.43 bits per heavy atom. The number of hydrogen-bond acceptors (Lipinski definition) is 7. The van der Waals surface area contributed by atoms with Crippen LogP contribution < -0.4 is 5.11 Å². The first-order chi connectivity index (χ1) is 6.38. The number of carbonyl (C=O) groups is 1. The molecule has 7 nitrogen and oxygen atoms in total. The minimum Gasteiger partial charge on any atom is -0.726 e. The minimum atomic E-state index is -4.75. The molecular formula is C6H8O7S-2. The summed E-state index contributed by atoms with van der Waals surface area (Å²) >= 11 is 0. The molecule has 2 unspecified atom stereocenters. The first-order valence-electron chi connectivity index (χ1n) is 3.85. The topological polar surface area (TPSA) is 116 Å². The lowest BCUT2D eigenvalue weighted by Crippen LogP contribution is -2.43. The summed E-state index contributed by atoms with van der Waals surface area (Å²) in [5.74, 6) is -1.35. The fourth-order valence-electron chi connectivity index (χ4n) is 1.16. The van der Waals surface area contributed by atoms with Gasteiger partial charge in [0.1, 0.15) is 0 Å². The average molecular weight is 224 g/mol. The highest BCUT2D eigenvalue weighted by Gasteiger charge is 2.24. The summed E-state index contributed by atoms with van der Waals surface area (Å²) in [4.78, 5) is 10.3. The Balaban J connectivity index is 2.40. The summed E-state index contributed by atoms with van der Waals surface area (Å²) in [7, 11) is -4.75. The van der Waals surface area contributed by atoms with Crippen molar-refractivity contribution in [2.45, 2.75) is 25.0 Å². The van der Waals surface area contributed by atoms with Crippen LogP contribution in [0.2, 0.25) is 0 Å². The van der Waals surface area contributed by atoms with Crippen LogP contribution in [-0.4, -0.2) is 37.8 Å². The van der Waals surface area contributed by atoms with Gasteiger partial charge in [-0.25, -0.2) is 8.42 Å². The van der Waals surface area contributed by atoms with E-state index in [4.69, 9.17) is 4.74 Å². The highest BCUT2D eigenvalue weighted by atomic mass is 32.3. The van der Waals surface area contributed by atoms with Crippen LogP contribution in [0.25, 0.3) is 0 Å². The van der Waals surface area contributed by atoms with Crippen molar-refractivity contribution in [2.75, 3.05) is 6.61 Å². The zero-order valence-corrected chi connectivity index (χ0v) is 7.86. The molecule has 1 aliphatic rings. The SMILES string of the molecule is O=C([O-])C1CCC(OS(=O)(=O)[O-])CO1. The molecule has 0 N–H and O–H groups in total. The second kappa shape index (κ2) is 4.22. The molecule has 82 valence electrons. The van der Waals surface area contributed by atoms with Gasteiger partial charge in [0.15, 0.2) is 0 Å². The molecule has 1 heterocycles. The van der Waals surface area contributed by atoms with E-state index in [1.54, 1.807) is 0 Å². The van der Waals surface area contributed by atoms with Gasteiger partial charge in [0.05, 0.1) is 24.8 Å². The van der Waals surface area contributed by atoms with E-state index in [9.17, 15) is 22.9 Å². The van der Waals surface area contributed by atoms with Crippen LogP contribution in [-0.2, 0) is 24.1 Å².